The Balaban J connectivity index is 1.96. The Bertz CT molecular complexity index is 1020. The van der Waals surface area contributed by atoms with Crippen LogP contribution >= 0.6 is 46.0 Å². The maximum atomic E-state index is 12.2. The number of nitrogens with two attached hydrogens (primary N) is 1. The van der Waals surface area contributed by atoms with E-state index in [1.807, 2.05) is 0 Å². The van der Waals surface area contributed by atoms with Crippen molar-refractivity contribution in [3.63, 3.8) is 0 Å². The average Bonchev–Trinajstić information content (AvgIpc) is 3.08. The van der Waals surface area contributed by atoms with Crippen LogP contribution in [0.3, 0.4) is 0 Å². The normalized spacial score (nSPS) is 11.0. The van der Waals surface area contributed by atoms with Gasteiger partial charge in [0.2, 0.25) is 0 Å². The molecule has 0 saturated heterocycles. The summed E-state index contributed by atoms with van der Waals surface area (Å²) in [6, 6.07) is 4.30. The Morgan fingerprint density at radius 3 is 2.71 bits per heavy atom. The highest BCUT2D eigenvalue weighted by Gasteiger charge is 2.21. The van der Waals surface area contributed by atoms with Gasteiger partial charge in [-0.3, -0.25) is 14.4 Å². The van der Waals surface area contributed by atoms with Crippen molar-refractivity contribution >= 4 is 67.9 Å². The van der Waals surface area contributed by atoms with Gasteiger partial charge in [0.1, 0.15) is 5.75 Å². The molecule has 0 aliphatic heterocycles. The molecule has 10 heteroatoms. The van der Waals surface area contributed by atoms with E-state index >= 15 is 0 Å². The van der Waals surface area contributed by atoms with E-state index in [-0.39, 0.29) is 28.4 Å². The number of primary amides is 1. The first kappa shape index (κ1) is 17.0. The number of carbonyl (C=O) groups is 2. The van der Waals surface area contributed by atoms with Gasteiger partial charge in [-0.15, -0.1) is 34.4 Å². The standard InChI is InChI=1S/C14H9ClN2O4S3/c15-8-2-1-7(23-8)6(19)4-22-14-10(13(16)21)11-12(24-14)5(18)3-9(20)17-11/h1-3H,4H2,(H2,16,21)(H2,17,18,20). The molecular formula is C14H9ClN2O4S3. The molecule has 3 heterocycles. The van der Waals surface area contributed by atoms with Crippen LogP contribution in [0.4, 0.5) is 0 Å². The van der Waals surface area contributed by atoms with Crippen LogP contribution in [0.1, 0.15) is 20.0 Å². The second-order valence-electron chi connectivity index (χ2n) is 4.67. The van der Waals surface area contributed by atoms with E-state index in [1.165, 1.54) is 11.3 Å². The van der Waals surface area contributed by atoms with Gasteiger partial charge in [-0.2, -0.15) is 0 Å². The number of hydrogen-bond acceptors (Lipinski definition) is 7. The van der Waals surface area contributed by atoms with Gasteiger partial charge in [0.25, 0.3) is 11.5 Å². The first-order valence-corrected chi connectivity index (χ1v) is 9.46. The summed E-state index contributed by atoms with van der Waals surface area (Å²) in [6.07, 6.45) is 0. The number of aromatic amines is 1. The minimum Gasteiger partial charge on any atom is -0.506 e. The van der Waals surface area contributed by atoms with E-state index in [4.69, 9.17) is 17.3 Å². The van der Waals surface area contributed by atoms with E-state index in [2.05, 4.69) is 4.98 Å². The Morgan fingerprint density at radius 2 is 2.08 bits per heavy atom. The van der Waals surface area contributed by atoms with Gasteiger partial charge in [-0.05, 0) is 12.1 Å². The largest absolute Gasteiger partial charge is 0.506 e. The Morgan fingerprint density at radius 1 is 1.33 bits per heavy atom. The number of rotatable bonds is 5. The number of pyridine rings is 1. The number of carbonyl (C=O) groups excluding carboxylic acids is 2. The number of aromatic nitrogens is 1. The van der Waals surface area contributed by atoms with E-state index < -0.39 is 11.5 Å². The molecule has 0 unspecified atom stereocenters. The van der Waals surface area contributed by atoms with Crippen molar-refractivity contribution in [3.05, 3.63) is 43.3 Å². The van der Waals surface area contributed by atoms with Gasteiger partial charge in [0.05, 0.1) is 35.0 Å². The van der Waals surface area contributed by atoms with Crippen LogP contribution in [-0.2, 0) is 0 Å². The van der Waals surface area contributed by atoms with Crippen LogP contribution in [0.2, 0.25) is 4.34 Å². The molecule has 24 heavy (non-hydrogen) atoms. The number of halogens is 1. The highest BCUT2D eigenvalue weighted by molar-refractivity contribution is 8.02. The van der Waals surface area contributed by atoms with Crippen LogP contribution in [-0.4, -0.2) is 27.5 Å². The predicted molar refractivity (Wildman–Crippen MR) is 97.0 cm³/mol. The lowest BCUT2D eigenvalue weighted by atomic mass is 10.2. The summed E-state index contributed by atoms with van der Waals surface area (Å²) < 4.78 is 1.33. The number of nitrogens with one attached hydrogen (secondary N) is 1. The molecule has 0 aliphatic rings. The zero-order valence-corrected chi connectivity index (χ0v) is 15.0. The molecule has 1 amide bonds. The highest BCUT2D eigenvalue weighted by atomic mass is 35.5. The minimum absolute atomic E-state index is 0.0783. The average molecular weight is 401 g/mol. The maximum Gasteiger partial charge on any atom is 0.252 e. The van der Waals surface area contributed by atoms with Crippen LogP contribution in [0.25, 0.3) is 10.2 Å². The van der Waals surface area contributed by atoms with Gasteiger partial charge in [-0.1, -0.05) is 11.6 Å². The summed E-state index contributed by atoms with van der Waals surface area (Å²) in [5, 5.41) is 9.88. The van der Waals surface area contributed by atoms with Crippen molar-refractivity contribution in [1.82, 2.24) is 4.98 Å². The summed E-state index contributed by atoms with van der Waals surface area (Å²) in [5.41, 5.74) is 5.14. The molecule has 0 fully saturated rings. The molecule has 0 radical (unpaired) electrons. The van der Waals surface area contributed by atoms with Crippen LogP contribution in [0, 0.1) is 0 Å². The Hall–Kier alpha value is -1.81. The number of Topliss-reactive ketones (excluding diaryl/α,β-unsaturated/α-hetero) is 1. The van der Waals surface area contributed by atoms with E-state index in [1.54, 1.807) is 12.1 Å². The Labute approximate surface area is 152 Å². The number of thiophene rings is 2. The number of aromatic hydroxyl groups is 1. The maximum absolute atomic E-state index is 12.2. The lowest BCUT2D eigenvalue weighted by Crippen LogP contribution is -2.13. The summed E-state index contributed by atoms with van der Waals surface area (Å²) in [7, 11) is 0. The van der Waals surface area contributed by atoms with Crippen LogP contribution in [0.15, 0.2) is 27.2 Å². The summed E-state index contributed by atoms with van der Waals surface area (Å²) >= 11 is 9.21. The van der Waals surface area contributed by atoms with Crippen LogP contribution < -0.4 is 11.3 Å². The molecule has 0 spiro atoms. The minimum atomic E-state index is -0.739. The lowest BCUT2D eigenvalue weighted by molar-refractivity contribution is 0.0995. The van der Waals surface area contributed by atoms with Gasteiger partial charge < -0.3 is 15.8 Å². The SMILES string of the molecule is NC(=O)c1c(SCC(=O)c2ccc(Cl)s2)sc2c(O)cc(=O)[nH]c12. The molecule has 6 nitrogen and oxygen atoms in total. The Kier molecular flexibility index (Phi) is 4.68. The molecular weight excluding hydrogens is 392 g/mol. The number of thioether (sulfide) groups is 1. The van der Waals surface area contributed by atoms with Crippen LogP contribution in [0.5, 0.6) is 5.75 Å². The molecule has 4 N–H and O–H groups in total. The third kappa shape index (κ3) is 3.20. The molecule has 0 aliphatic carbocycles. The first-order chi connectivity index (χ1) is 11.4. The zero-order valence-electron chi connectivity index (χ0n) is 11.8. The lowest BCUT2D eigenvalue weighted by Gasteiger charge is -2.00. The van der Waals surface area contributed by atoms with Crippen molar-refractivity contribution in [2.75, 3.05) is 5.75 Å². The third-order valence-corrected chi connectivity index (χ3v) is 6.81. The molecule has 0 saturated carbocycles. The van der Waals surface area contributed by atoms with E-state index in [0.717, 1.165) is 29.2 Å². The molecule has 0 atom stereocenters. The zero-order chi connectivity index (χ0) is 17.4. The quantitative estimate of drug-likeness (QED) is 0.450. The second-order valence-corrected chi connectivity index (χ2v) is 8.65. The van der Waals surface area contributed by atoms with Crippen molar-refractivity contribution in [3.8, 4) is 5.75 Å². The predicted octanol–water partition coefficient (Wildman–Crippen LogP) is 3.08. The topological polar surface area (TPSA) is 113 Å². The molecule has 3 rings (SSSR count). The van der Waals surface area contributed by atoms with Crippen molar-refractivity contribution in [2.24, 2.45) is 5.73 Å². The first-order valence-electron chi connectivity index (χ1n) is 6.46. The van der Waals surface area contributed by atoms with Crippen molar-refractivity contribution in [2.45, 2.75) is 4.21 Å². The number of H-pyrrole nitrogens is 1. The molecule has 124 valence electrons. The highest BCUT2D eigenvalue weighted by Crippen LogP contribution is 2.40. The molecule has 0 bridgehead atoms. The van der Waals surface area contributed by atoms with Crippen molar-refractivity contribution in [1.29, 1.82) is 0 Å². The van der Waals surface area contributed by atoms with E-state index in [9.17, 15) is 19.5 Å². The fraction of sp³-hybridized carbons (Fsp3) is 0.0714. The third-order valence-electron chi connectivity index (χ3n) is 3.05. The molecule has 3 aromatic heterocycles. The number of hydrogen-bond donors (Lipinski definition) is 3. The number of fused-ring (bicyclic) bond motifs is 1. The van der Waals surface area contributed by atoms with Gasteiger partial charge in [0.15, 0.2) is 5.78 Å². The molecule has 0 aromatic carbocycles. The van der Waals surface area contributed by atoms with Gasteiger partial charge in [-0.25, -0.2) is 0 Å². The smallest absolute Gasteiger partial charge is 0.252 e. The number of amides is 1. The fourth-order valence-corrected chi connectivity index (χ4v) is 5.46. The number of ketones is 1. The van der Waals surface area contributed by atoms with E-state index in [0.29, 0.717) is 18.1 Å². The summed E-state index contributed by atoms with van der Waals surface area (Å²) in [5.74, 6) is -1.03. The van der Waals surface area contributed by atoms with Crippen molar-refractivity contribution < 1.29 is 14.7 Å². The monoisotopic (exact) mass is 400 g/mol. The summed E-state index contributed by atoms with van der Waals surface area (Å²) in [4.78, 5) is 38.4. The fourth-order valence-electron chi connectivity index (χ4n) is 2.05. The summed E-state index contributed by atoms with van der Waals surface area (Å²) in [6.45, 7) is 0. The van der Waals surface area contributed by atoms with Gasteiger partial charge >= 0.3 is 0 Å². The van der Waals surface area contributed by atoms with Gasteiger partial charge in [0, 0.05) is 6.07 Å². The second kappa shape index (κ2) is 6.60. The molecule has 3 aromatic rings.